The number of rotatable bonds is 6. The molecule has 0 aliphatic carbocycles. The number of carbonyl (C=O) groups excluding carboxylic acids is 1. The van der Waals surface area contributed by atoms with E-state index in [0.717, 1.165) is 0 Å². The maximum atomic E-state index is 12.4. The van der Waals surface area contributed by atoms with Crippen LogP contribution in [-0.2, 0) is 18.3 Å². The van der Waals surface area contributed by atoms with Crippen molar-refractivity contribution in [1.29, 1.82) is 0 Å². The van der Waals surface area contributed by atoms with Crippen LogP contribution < -0.4 is 15.0 Å². The van der Waals surface area contributed by atoms with Crippen molar-refractivity contribution in [2.75, 3.05) is 37.0 Å². The highest BCUT2D eigenvalue weighted by molar-refractivity contribution is 6.36. The molecule has 6 rings (SSSR count). The number of aromatic nitrogens is 6. The Morgan fingerprint density at radius 2 is 2.13 bits per heavy atom. The smallest absolute Gasteiger partial charge is 0.413 e. The molecule has 0 radical (unpaired) electrons. The summed E-state index contributed by atoms with van der Waals surface area (Å²) in [5, 5.41) is 17.6. The Morgan fingerprint density at radius 1 is 1.28 bits per heavy atom. The molecule has 2 aliphatic rings. The lowest BCUT2D eigenvalue weighted by molar-refractivity contribution is 0.0742. The van der Waals surface area contributed by atoms with Crippen LogP contribution in [0.15, 0.2) is 30.6 Å². The quantitative estimate of drug-likeness (QED) is 0.364. The molecule has 4 aromatic heterocycles. The molecule has 14 nitrogen and oxygen atoms in total. The SMILES string of the molecule is CN1CCn2nc(Nc3nc4ncc(Oc5ccnc(N(C(=O)O)C6CCOC6)c5)c(Cl)c4n3C)cc2C1=O. The molecular weight excluding hydrogens is 530 g/mol. The van der Waals surface area contributed by atoms with E-state index in [2.05, 4.69) is 25.4 Å². The largest absolute Gasteiger partial charge is 0.465 e. The van der Waals surface area contributed by atoms with Crippen molar-refractivity contribution in [1.82, 2.24) is 34.2 Å². The first-order valence-corrected chi connectivity index (χ1v) is 12.5. The fourth-order valence-corrected chi connectivity index (χ4v) is 4.96. The minimum atomic E-state index is -1.12. The average Bonchev–Trinajstić information content (AvgIpc) is 3.64. The van der Waals surface area contributed by atoms with Crippen LogP contribution in [0.25, 0.3) is 11.2 Å². The normalized spacial score (nSPS) is 16.9. The summed E-state index contributed by atoms with van der Waals surface area (Å²) in [6.07, 6.45) is 2.37. The molecule has 2 amide bonds. The number of nitrogens with one attached hydrogen (secondary N) is 1. The average molecular weight is 554 g/mol. The summed E-state index contributed by atoms with van der Waals surface area (Å²) < 4.78 is 14.7. The zero-order valence-electron chi connectivity index (χ0n) is 21.0. The van der Waals surface area contributed by atoms with Crippen LogP contribution >= 0.6 is 11.6 Å². The van der Waals surface area contributed by atoms with Gasteiger partial charge in [-0.1, -0.05) is 11.6 Å². The van der Waals surface area contributed by atoms with Gasteiger partial charge in [0, 0.05) is 45.6 Å². The highest BCUT2D eigenvalue weighted by Crippen LogP contribution is 2.36. The summed E-state index contributed by atoms with van der Waals surface area (Å²) in [5.41, 5.74) is 1.39. The first-order chi connectivity index (χ1) is 18.8. The maximum Gasteiger partial charge on any atom is 0.413 e. The van der Waals surface area contributed by atoms with E-state index in [1.807, 2.05) is 0 Å². The van der Waals surface area contributed by atoms with Gasteiger partial charge >= 0.3 is 6.09 Å². The number of carboxylic acid groups (broad SMARTS) is 1. The van der Waals surface area contributed by atoms with Gasteiger partial charge in [0.25, 0.3) is 5.91 Å². The molecule has 1 atom stereocenters. The van der Waals surface area contributed by atoms with Crippen LogP contribution in [0.4, 0.5) is 22.4 Å². The number of halogens is 1. The molecule has 39 heavy (non-hydrogen) atoms. The van der Waals surface area contributed by atoms with Gasteiger partial charge in [-0.2, -0.15) is 10.1 Å². The molecule has 0 spiro atoms. The van der Waals surface area contributed by atoms with Crippen LogP contribution in [0, 0.1) is 0 Å². The lowest BCUT2D eigenvalue weighted by Gasteiger charge is -2.24. The zero-order valence-corrected chi connectivity index (χ0v) is 21.8. The van der Waals surface area contributed by atoms with Gasteiger partial charge in [-0.05, 0) is 12.5 Å². The van der Waals surface area contributed by atoms with E-state index in [4.69, 9.17) is 21.1 Å². The van der Waals surface area contributed by atoms with Crippen molar-refractivity contribution in [3.05, 3.63) is 41.3 Å². The minimum Gasteiger partial charge on any atom is -0.465 e. The minimum absolute atomic E-state index is 0.0966. The third kappa shape index (κ3) is 4.46. The molecular formula is C24H24ClN9O5. The van der Waals surface area contributed by atoms with Gasteiger partial charge in [-0.25, -0.2) is 14.8 Å². The number of imidazole rings is 1. The first-order valence-electron chi connectivity index (χ1n) is 12.1. The molecule has 2 aliphatic heterocycles. The number of pyridine rings is 2. The summed E-state index contributed by atoms with van der Waals surface area (Å²) in [5.74, 6) is 1.62. The Balaban J connectivity index is 1.27. The summed E-state index contributed by atoms with van der Waals surface area (Å²) >= 11 is 6.73. The molecule has 0 saturated carbocycles. The lowest BCUT2D eigenvalue weighted by atomic mass is 10.2. The Morgan fingerprint density at radius 3 is 2.90 bits per heavy atom. The number of fused-ring (bicyclic) bond motifs is 2. The molecule has 6 heterocycles. The lowest BCUT2D eigenvalue weighted by Crippen LogP contribution is -2.40. The third-order valence-electron chi connectivity index (χ3n) is 6.71. The van der Waals surface area contributed by atoms with Crippen molar-refractivity contribution >= 4 is 52.3 Å². The second-order valence-corrected chi connectivity index (χ2v) is 9.59. The van der Waals surface area contributed by atoms with E-state index in [-0.39, 0.29) is 28.5 Å². The van der Waals surface area contributed by atoms with E-state index >= 15 is 0 Å². The second-order valence-electron chi connectivity index (χ2n) is 9.21. The number of likely N-dealkylation sites (N-methyl/N-ethyl adjacent to an activating group) is 1. The van der Waals surface area contributed by atoms with Crippen LogP contribution in [0.2, 0.25) is 5.02 Å². The topological polar surface area (TPSA) is 153 Å². The summed E-state index contributed by atoms with van der Waals surface area (Å²) in [6.45, 7) is 1.98. The van der Waals surface area contributed by atoms with Crippen LogP contribution in [0.3, 0.4) is 0 Å². The van der Waals surface area contributed by atoms with Crippen LogP contribution in [-0.4, -0.2) is 84.2 Å². The van der Waals surface area contributed by atoms with Gasteiger partial charge in [-0.3, -0.25) is 14.4 Å². The van der Waals surface area contributed by atoms with E-state index < -0.39 is 6.09 Å². The predicted molar refractivity (Wildman–Crippen MR) is 140 cm³/mol. The fraction of sp³-hybridized carbons (Fsp3) is 0.333. The molecule has 1 fully saturated rings. The van der Waals surface area contributed by atoms with E-state index in [1.165, 1.54) is 23.4 Å². The van der Waals surface area contributed by atoms with Crippen LogP contribution in [0.1, 0.15) is 16.9 Å². The van der Waals surface area contributed by atoms with Crippen molar-refractivity contribution in [3.8, 4) is 11.5 Å². The van der Waals surface area contributed by atoms with Crippen molar-refractivity contribution in [2.24, 2.45) is 7.05 Å². The molecule has 202 valence electrons. The Bertz CT molecular complexity index is 1600. The van der Waals surface area contributed by atoms with Gasteiger partial charge in [0.15, 0.2) is 17.2 Å². The van der Waals surface area contributed by atoms with E-state index in [1.54, 1.807) is 40.4 Å². The molecule has 0 aromatic carbocycles. The number of hydrogen-bond acceptors (Lipinski definition) is 9. The monoisotopic (exact) mass is 553 g/mol. The Kier molecular flexibility index (Phi) is 6.19. The van der Waals surface area contributed by atoms with Gasteiger partial charge in [0.1, 0.15) is 27.8 Å². The number of amides is 2. The van der Waals surface area contributed by atoms with Gasteiger partial charge in [0.2, 0.25) is 5.95 Å². The highest BCUT2D eigenvalue weighted by atomic mass is 35.5. The van der Waals surface area contributed by atoms with E-state index in [9.17, 15) is 14.7 Å². The number of ether oxygens (including phenoxy) is 2. The zero-order chi connectivity index (χ0) is 27.3. The van der Waals surface area contributed by atoms with Crippen molar-refractivity contribution in [2.45, 2.75) is 19.0 Å². The fourth-order valence-electron chi connectivity index (χ4n) is 4.66. The molecule has 0 bridgehead atoms. The predicted octanol–water partition coefficient (Wildman–Crippen LogP) is 3.11. The Labute approximate surface area is 226 Å². The number of anilines is 3. The molecule has 1 saturated heterocycles. The van der Waals surface area contributed by atoms with Crippen LogP contribution in [0.5, 0.6) is 11.5 Å². The van der Waals surface area contributed by atoms with Gasteiger partial charge in [0.05, 0.1) is 25.4 Å². The molecule has 1 unspecified atom stereocenters. The molecule has 2 N–H and O–H groups in total. The highest BCUT2D eigenvalue weighted by Gasteiger charge is 2.30. The molecule has 4 aromatic rings. The second kappa shape index (κ2) is 9.71. The molecule has 15 heteroatoms. The number of hydrogen-bond donors (Lipinski definition) is 2. The van der Waals surface area contributed by atoms with Gasteiger partial charge in [-0.15, -0.1) is 0 Å². The number of nitrogens with zero attached hydrogens (tertiary/aromatic N) is 8. The van der Waals surface area contributed by atoms with E-state index in [0.29, 0.717) is 67.1 Å². The number of carbonyl (C=O) groups is 2. The Hall–Kier alpha value is -4.43. The summed E-state index contributed by atoms with van der Waals surface area (Å²) in [4.78, 5) is 40.3. The summed E-state index contributed by atoms with van der Waals surface area (Å²) in [6, 6.07) is 4.49. The third-order valence-corrected chi connectivity index (χ3v) is 7.07. The maximum absolute atomic E-state index is 12.4. The van der Waals surface area contributed by atoms with Gasteiger partial charge < -0.3 is 29.4 Å². The van der Waals surface area contributed by atoms with Crippen molar-refractivity contribution in [3.63, 3.8) is 0 Å². The first kappa shape index (κ1) is 24.9. The van der Waals surface area contributed by atoms with Crippen molar-refractivity contribution < 1.29 is 24.2 Å². The number of aryl methyl sites for hydroxylation is 1. The summed E-state index contributed by atoms with van der Waals surface area (Å²) in [7, 11) is 3.52. The standard InChI is InChI=1S/C24H24ClN9O5/c1-31-6-7-33-15(22(31)35)10-17(30-33)28-23-29-21-20(32(23)2)19(25)16(11-27-21)39-14-3-5-26-18(9-14)34(24(36)37)13-4-8-38-12-13/h3,5,9-11,13H,4,6-8,12H2,1-2H3,(H,36,37)(H,27,28,29,30).